The quantitative estimate of drug-likeness (QED) is 0.632. The summed E-state index contributed by atoms with van der Waals surface area (Å²) in [6.07, 6.45) is 0. The van der Waals surface area contributed by atoms with Gasteiger partial charge in [-0.15, -0.1) is 0 Å². The maximum absolute atomic E-state index is 13.6. The highest BCUT2D eigenvalue weighted by Crippen LogP contribution is 2.27. The van der Waals surface area contributed by atoms with Crippen LogP contribution in [0.3, 0.4) is 0 Å². The minimum absolute atomic E-state index is 0.00968. The minimum atomic E-state index is -0.476. The van der Waals surface area contributed by atoms with Crippen LogP contribution in [0.5, 0.6) is 0 Å². The lowest BCUT2D eigenvalue weighted by Gasteiger charge is -2.10. The van der Waals surface area contributed by atoms with Crippen LogP contribution >= 0.6 is 27.5 Å². The number of para-hydroxylation sites is 1. The average Bonchev–Trinajstić information content (AvgIpc) is 2.39. The fourth-order valence-electron chi connectivity index (χ4n) is 1.64. The molecule has 0 aromatic heterocycles. The molecule has 0 saturated carbocycles. The molecule has 0 radical (unpaired) electrons. The molecule has 0 spiro atoms. The molecule has 0 aliphatic rings. The molecule has 2 aromatic carbocycles. The molecular weight excluding hydrogens is 351 g/mol. The number of halogens is 3. The van der Waals surface area contributed by atoms with Gasteiger partial charge in [0.05, 0.1) is 15.6 Å². The van der Waals surface area contributed by atoms with Crippen LogP contribution in [0.1, 0.15) is 5.56 Å². The number of hydrogen-bond acceptors (Lipinski definition) is 3. The number of nitrogens with zero attached hydrogens (tertiary/aromatic N) is 1. The number of rotatable bonds is 4. The van der Waals surface area contributed by atoms with E-state index in [-0.39, 0.29) is 16.4 Å². The van der Waals surface area contributed by atoms with E-state index < -0.39 is 10.7 Å². The summed E-state index contributed by atoms with van der Waals surface area (Å²) >= 11 is 9.15. The Balaban J connectivity index is 2.17. The molecule has 0 heterocycles. The Morgan fingerprint density at radius 2 is 2.10 bits per heavy atom. The number of hydrogen-bond donors (Lipinski definition) is 1. The minimum Gasteiger partial charge on any atom is -0.377 e. The summed E-state index contributed by atoms with van der Waals surface area (Å²) in [6.45, 7) is 0.291. The smallest absolute Gasteiger partial charge is 0.270 e. The molecule has 0 saturated heterocycles. The van der Waals surface area contributed by atoms with E-state index in [4.69, 9.17) is 11.6 Å². The second-order valence-electron chi connectivity index (χ2n) is 3.98. The molecule has 0 amide bonds. The third-order valence-corrected chi connectivity index (χ3v) is 3.72. The van der Waals surface area contributed by atoms with Crippen molar-refractivity contribution < 1.29 is 9.31 Å². The summed E-state index contributed by atoms with van der Waals surface area (Å²) in [6, 6.07) is 8.80. The molecule has 1 N–H and O–H groups in total. The summed E-state index contributed by atoms with van der Waals surface area (Å²) in [5, 5.41) is 13.8. The van der Waals surface area contributed by atoms with Crippen molar-refractivity contribution in [1.82, 2.24) is 0 Å². The normalized spacial score (nSPS) is 10.3. The van der Waals surface area contributed by atoms with Crippen LogP contribution in [-0.2, 0) is 6.54 Å². The van der Waals surface area contributed by atoms with Crippen LogP contribution in [-0.4, -0.2) is 4.92 Å². The van der Waals surface area contributed by atoms with Gasteiger partial charge < -0.3 is 5.32 Å². The lowest BCUT2D eigenvalue weighted by Crippen LogP contribution is -2.03. The third-order valence-electron chi connectivity index (χ3n) is 2.67. The van der Waals surface area contributed by atoms with Crippen LogP contribution in [0.4, 0.5) is 15.8 Å². The maximum atomic E-state index is 13.6. The Kier molecular flexibility index (Phi) is 4.57. The standard InChI is InChI=1S/C13H9BrClFN2O2/c14-10-6-9(18(19)20)5-4-8(10)7-17-13-11(15)2-1-3-12(13)16/h1-6,17H,7H2. The van der Waals surface area contributed by atoms with E-state index in [0.29, 0.717) is 11.0 Å². The Bertz CT molecular complexity index is 647. The van der Waals surface area contributed by atoms with Gasteiger partial charge in [-0.2, -0.15) is 0 Å². The van der Waals surface area contributed by atoms with E-state index >= 15 is 0 Å². The molecule has 7 heteroatoms. The van der Waals surface area contributed by atoms with Gasteiger partial charge in [-0.1, -0.05) is 33.6 Å². The highest BCUT2D eigenvalue weighted by molar-refractivity contribution is 9.10. The van der Waals surface area contributed by atoms with Crippen molar-refractivity contribution in [3.63, 3.8) is 0 Å². The van der Waals surface area contributed by atoms with Crippen LogP contribution in [0.25, 0.3) is 0 Å². The average molecular weight is 360 g/mol. The number of nitro groups is 1. The van der Waals surface area contributed by atoms with E-state index in [2.05, 4.69) is 21.2 Å². The third kappa shape index (κ3) is 3.26. The van der Waals surface area contributed by atoms with E-state index in [9.17, 15) is 14.5 Å². The van der Waals surface area contributed by atoms with E-state index in [1.165, 1.54) is 24.3 Å². The summed E-state index contributed by atoms with van der Waals surface area (Å²) in [4.78, 5) is 10.2. The number of benzene rings is 2. The fraction of sp³-hybridized carbons (Fsp3) is 0.0769. The van der Waals surface area contributed by atoms with Gasteiger partial charge in [0.15, 0.2) is 0 Å². The lowest BCUT2D eigenvalue weighted by molar-refractivity contribution is -0.384. The van der Waals surface area contributed by atoms with Crippen molar-refractivity contribution in [3.8, 4) is 0 Å². The van der Waals surface area contributed by atoms with E-state index in [0.717, 1.165) is 5.56 Å². The number of nitrogens with one attached hydrogen (secondary N) is 1. The summed E-state index contributed by atoms with van der Waals surface area (Å²) in [5.41, 5.74) is 0.957. The Hall–Kier alpha value is -1.66. The first-order valence-corrected chi connectivity index (χ1v) is 6.77. The zero-order valence-corrected chi connectivity index (χ0v) is 12.4. The van der Waals surface area contributed by atoms with E-state index in [1.54, 1.807) is 12.1 Å². The summed E-state index contributed by atoms with van der Waals surface area (Å²) in [7, 11) is 0. The van der Waals surface area contributed by atoms with Crippen molar-refractivity contribution in [2.75, 3.05) is 5.32 Å². The van der Waals surface area contributed by atoms with Crippen molar-refractivity contribution in [2.45, 2.75) is 6.54 Å². The van der Waals surface area contributed by atoms with Gasteiger partial charge in [-0.25, -0.2) is 4.39 Å². The Labute approximate surface area is 127 Å². The van der Waals surface area contributed by atoms with Gasteiger partial charge in [0.2, 0.25) is 0 Å². The lowest BCUT2D eigenvalue weighted by atomic mass is 10.2. The first kappa shape index (κ1) is 14.7. The molecule has 0 bridgehead atoms. The fourth-order valence-corrected chi connectivity index (χ4v) is 2.38. The van der Waals surface area contributed by atoms with Crippen molar-refractivity contribution in [1.29, 1.82) is 0 Å². The monoisotopic (exact) mass is 358 g/mol. The van der Waals surface area contributed by atoms with Gasteiger partial charge in [0.1, 0.15) is 5.82 Å². The highest BCUT2D eigenvalue weighted by atomic mass is 79.9. The van der Waals surface area contributed by atoms with Crippen molar-refractivity contribution >= 4 is 38.9 Å². The molecule has 0 atom stereocenters. The zero-order valence-electron chi connectivity index (χ0n) is 10.1. The predicted molar refractivity (Wildman–Crippen MR) is 79.5 cm³/mol. The largest absolute Gasteiger partial charge is 0.377 e. The van der Waals surface area contributed by atoms with Crippen LogP contribution < -0.4 is 5.32 Å². The molecule has 4 nitrogen and oxygen atoms in total. The Morgan fingerprint density at radius 1 is 1.35 bits per heavy atom. The molecule has 0 unspecified atom stereocenters. The van der Waals surface area contributed by atoms with Crippen molar-refractivity contribution in [2.24, 2.45) is 0 Å². The van der Waals surface area contributed by atoms with Crippen molar-refractivity contribution in [3.05, 3.63) is 67.4 Å². The molecule has 0 aliphatic heterocycles. The molecule has 2 rings (SSSR count). The van der Waals surface area contributed by atoms with Gasteiger partial charge in [0, 0.05) is 23.2 Å². The Morgan fingerprint density at radius 3 is 2.70 bits per heavy atom. The predicted octanol–water partition coefficient (Wildman–Crippen LogP) is 4.76. The summed E-state index contributed by atoms with van der Waals surface area (Å²) in [5.74, 6) is -0.449. The van der Waals surface area contributed by atoms with Crippen LogP contribution in [0.2, 0.25) is 5.02 Å². The topological polar surface area (TPSA) is 55.2 Å². The zero-order chi connectivity index (χ0) is 14.7. The van der Waals surface area contributed by atoms with Crippen LogP contribution in [0, 0.1) is 15.9 Å². The molecule has 20 heavy (non-hydrogen) atoms. The second-order valence-corrected chi connectivity index (χ2v) is 5.24. The summed E-state index contributed by atoms with van der Waals surface area (Å²) < 4.78 is 14.2. The molecule has 104 valence electrons. The molecule has 0 fully saturated rings. The molecule has 2 aromatic rings. The van der Waals surface area contributed by atoms with Gasteiger partial charge >= 0.3 is 0 Å². The van der Waals surface area contributed by atoms with Gasteiger partial charge in [-0.3, -0.25) is 10.1 Å². The van der Waals surface area contributed by atoms with Gasteiger partial charge in [0.25, 0.3) is 5.69 Å². The first-order chi connectivity index (χ1) is 9.49. The molecule has 0 aliphatic carbocycles. The maximum Gasteiger partial charge on any atom is 0.270 e. The number of anilines is 1. The number of nitro benzene ring substituents is 1. The molecular formula is C13H9BrClFN2O2. The SMILES string of the molecule is O=[N+]([O-])c1ccc(CNc2c(F)cccc2Cl)c(Br)c1. The van der Waals surface area contributed by atoms with E-state index in [1.807, 2.05) is 0 Å². The number of non-ortho nitro benzene ring substituents is 1. The van der Waals surface area contributed by atoms with Gasteiger partial charge in [-0.05, 0) is 23.8 Å². The second kappa shape index (κ2) is 6.19. The van der Waals surface area contributed by atoms with Crippen LogP contribution in [0.15, 0.2) is 40.9 Å². The first-order valence-electron chi connectivity index (χ1n) is 5.59. The highest BCUT2D eigenvalue weighted by Gasteiger charge is 2.11.